The summed E-state index contributed by atoms with van der Waals surface area (Å²) in [6.07, 6.45) is 3.36. The summed E-state index contributed by atoms with van der Waals surface area (Å²) in [5.74, 6) is 1.22. The molecular formula is C21H19ClN6O. The van der Waals surface area contributed by atoms with E-state index < -0.39 is 0 Å². The maximum atomic E-state index is 12.9. The van der Waals surface area contributed by atoms with Gasteiger partial charge in [-0.3, -0.25) is 4.79 Å². The Morgan fingerprint density at radius 1 is 1.07 bits per heavy atom. The molecule has 8 heteroatoms. The van der Waals surface area contributed by atoms with Gasteiger partial charge in [0.05, 0.1) is 27.9 Å². The van der Waals surface area contributed by atoms with Gasteiger partial charge in [-0.25, -0.2) is 9.67 Å². The van der Waals surface area contributed by atoms with Crippen LogP contribution < -0.4 is 0 Å². The lowest BCUT2D eigenvalue weighted by Gasteiger charge is -2.30. The van der Waals surface area contributed by atoms with Crippen molar-refractivity contribution >= 4 is 28.5 Å². The van der Waals surface area contributed by atoms with Crippen LogP contribution in [0.3, 0.4) is 0 Å². The summed E-state index contributed by atoms with van der Waals surface area (Å²) in [5, 5.41) is 8.69. The number of rotatable bonds is 3. The number of carbonyl (C=O) groups excluding carboxylic acids is 1. The summed E-state index contributed by atoms with van der Waals surface area (Å²) >= 11 is 6.21. The molecule has 0 radical (unpaired) electrons. The third kappa shape index (κ3) is 3.38. The van der Waals surface area contributed by atoms with E-state index in [2.05, 4.69) is 15.3 Å². The predicted molar refractivity (Wildman–Crippen MR) is 110 cm³/mol. The topological polar surface area (TPSA) is 79.7 Å². The smallest absolute Gasteiger partial charge is 0.276 e. The highest BCUT2D eigenvalue weighted by Crippen LogP contribution is 2.28. The first-order chi connectivity index (χ1) is 14.2. The third-order valence-corrected chi connectivity index (χ3v) is 5.71. The summed E-state index contributed by atoms with van der Waals surface area (Å²) in [6.45, 7) is 1.33. The third-order valence-electron chi connectivity index (χ3n) is 5.39. The maximum Gasteiger partial charge on any atom is 0.276 e. The Labute approximate surface area is 172 Å². The zero-order valence-electron chi connectivity index (χ0n) is 15.6. The van der Waals surface area contributed by atoms with Gasteiger partial charge in [0.2, 0.25) is 0 Å². The van der Waals surface area contributed by atoms with E-state index in [1.807, 2.05) is 47.4 Å². The van der Waals surface area contributed by atoms with E-state index in [4.69, 9.17) is 16.6 Å². The summed E-state index contributed by atoms with van der Waals surface area (Å²) in [7, 11) is 0. The molecule has 1 amide bonds. The lowest BCUT2D eigenvalue weighted by molar-refractivity contribution is 0.0705. The van der Waals surface area contributed by atoms with Gasteiger partial charge < -0.3 is 9.88 Å². The highest BCUT2D eigenvalue weighted by atomic mass is 35.5. The number of nitrogens with zero attached hydrogens (tertiary/aromatic N) is 5. The Morgan fingerprint density at radius 2 is 1.83 bits per heavy atom. The number of piperidine rings is 1. The van der Waals surface area contributed by atoms with Crippen molar-refractivity contribution in [3.05, 3.63) is 71.3 Å². The molecule has 29 heavy (non-hydrogen) atoms. The molecule has 2 aromatic heterocycles. The summed E-state index contributed by atoms with van der Waals surface area (Å²) in [6, 6.07) is 15.4. The van der Waals surface area contributed by atoms with Gasteiger partial charge in [0, 0.05) is 19.0 Å². The molecule has 0 aliphatic carbocycles. The minimum atomic E-state index is -0.105. The van der Waals surface area contributed by atoms with Crippen LogP contribution in [0.15, 0.2) is 54.7 Å². The van der Waals surface area contributed by atoms with E-state index >= 15 is 0 Å². The Morgan fingerprint density at radius 3 is 2.62 bits per heavy atom. The van der Waals surface area contributed by atoms with Crippen molar-refractivity contribution in [1.29, 1.82) is 0 Å². The highest BCUT2D eigenvalue weighted by molar-refractivity contribution is 6.32. The number of carbonyl (C=O) groups is 1. The SMILES string of the molecule is O=C(c1cn(-c2ccccc2Cl)nn1)N1CCC(c2nc3ccccc3[nH]2)CC1. The van der Waals surface area contributed by atoms with E-state index in [1.54, 1.807) is 12.3 Å². The molecule has 4 aromatic rings. The maximum absolute atomic E-state index is 12.9. The summed E-state index contributed by atoms with van der Waals surface area (Å²) < 4.78 is 1.54. The number of para-hydroxylation sites is 3. The number of H-pyrrole nitrogens is 1. The molecule has 1 aliphatic heterocycles. The molecule has 0 unspecified atom stereocenters. The zero-order chi connectivity index (χ0) is 19.8. The average Bonchev–Trinajstić information content (AvgIpc) is 3.41. The van der Waals surface area contributed by atoms with Crippen molar-refractivity contribution in [1.82, 2.24) is 29.9 Å². The lowest BCUT2D eigenvalue weighted by Crippen LogP contribution is -2.38. The predicted octanol–water partition coefficient (Wildman–Crippen LogP) is 3.82. The minimum Gasteiger partial charge on any atom is -0.342 e. The molecule has 5 rings (SSSR count). The summed E-state index contributed by atoms with van der Waals surface area (Å²) in [4.78, 5) is 22.8. The molecule has 2 aromatic carbocycles. The van der Waals surface area contributed by atoms with E-state index in [0.717, 1.165) is 29.7 Å². The lowest BCUT2D eigenvalue weighted by atomic mass is 9.96. The number of amides is 1. The second kappa shape index (κ2) is 7.33. The van der Waals surface area contributed by atoms with E-state index in [9.17, 15) is 4.79 Å². The van der Waals surface area contributed by atoms with Crippen LogP contribution in [0, 0.1) is 0 Å². The van der Waals surface area contributed by atoms with E-state index in [1.165, 1.54) is 4.68 Å². The van der Waals surface area contributed by atoms with Crippen LogP contribution >= 0.6 is 11.6 Å². The van der Waals surface area contributed by atoms with Crippen molar-refractivity contribution in [2.45, 2.75) is 18.8 Å². The number of halogens is 1. The van der Waals surface area contributed by atoms with Gasteiger partial charge in [-0.05, 0) is 37.1 Å². The van der Waals surface area contributed by atoms with E-state index in [0.29, 0.717) is 35.4 Å². The van der Waals surface area contributed by atoms with Gasteiger partial charge in [-0.1, -0.05) is 41.1 Å². The normalized spacial score (nSPS) is 15.1. The highest BCUT2D eigenvalue weighted by Gasteiger charge is 2.27. The quantitative estimate of drug-likeness (QED) is 0.561. The van der Waals surface area contributed by atoms with Crippen molar-refractivity contribution in [3.8, 4) is 5.69 Å². The van der Waals surface area contributed by atoms with Crippen LogP contribution in [0.5, 0.6) is 0 Å². The number of nitrogens with one attached hydrogen (secondary N) is 1. The van der Waals surface area contributed by atoms with Gasteiger partial charge >= 0.3 is 0 Å². The Bertz CT molecular complexity index is 1140. The zero-order valence-corrected chi connectivity index (χ0v) is 16.4. The van der Waals surface area contributed by atoms with Gasteiger partial charge in [0.25, 0.3) is 5.91 Å². The second-order valence-corrected chi connectivity index (χ2v) is 7.61. The number of aromatic amines is 1. The fourth-order valence-electron chi connectivity index (χ4n) is 3.80. The Hall–Kier alpha value is -3.19. The van der Waals surface area contributed by atoms with Crippen molar-refractivity contribution in [3.63, 3.8) is 0 Å². The molecule has 1 saturated heterocycles. The molecule has 7 nitrogen and oxygen atoms in total. The van der Waals surface area contributed by atoms with Crippen LogP contribution in [-0.2, 0) is 0 Å². The van der Waals surface area contributed by atoms with Crippen LogP contribution in [0.4, 0.5) is 0 Å². The molecular weight excluding hydrogens is 388 g/mol. The van der Waals surface area contributed by atoms with Gasteiger partial charge in [-0.15, -0.1) is 5.10 Å². The molecule has 0 spiro atoms. The number of likely N-dealkylation sites (tertiary alicyclic amines) is 1. The average molecular weight is 407 g/mol. The van der Waals surface area contributed by atoms with Crippen LogP contribution in [0.1, 0.15) is 35.1 Å². The first-order valence-electron chi connectivity index (χ1n) is 9.60. The summed E-state index contributed by atoms with van der Waals surface area (Å²) in [5.41, 5.74) is 3.06. The van der Waals surface area contributed by atoms with Crippen molar-refractivity contribution in [2.75, 3.05) is 13.1 Å². The number of imidazole rings is 1. The number of hydrogen-bond acceptors (Lipinski definition) is 4. The van der Waals surface area contributed by atoms with Crippen LogP contribution in [0.2, 0.25) is 5.02 Å². The largest absolute Gasteiger partial charge is 0.342 e. The first kappa shape index (κ1) is 17.9. The second-order valence-electron chi connectivity index (χ2n) is 7.21. The molecule has 0 bridgehead atoms. The molecule has 1 fully saturated rings. The van der Waals surface area contributed by atoms with E-state index in [-0.39, 0.29) is 5.91 Å². The molecule has 0 saturated carbocycles. The molecule has 1 aliphatic rings. The molecule has 0 atom stereocenters. The van der Waals surface area contributed by atoms with Gasteiger partial charge in [-0.2, -0.15) is 0 Å². The number of aromatic nitrogens is 5. The Kier molecular flexibility index (Phi) is 4.52. The standard InChI is InChI=1S/C21H19ClN6O/c22-15-5-1-4-8-19(15)28-13-18(25-26-28)21(29)27-11-9-14(10-12-27)20-23-16-6-2-3-7-17(16)24-20/h1-8,13-14H,9-12H2,(H,23,24). The van der Waals surface area contributed by atoms with Gasteiger partial charge in [0.15, 0.2) is 5.69 Å². The van der Waals surface area contributed by atoms with Crippen molar-refractivity contribution < 1.29 is 4.79 Å². The fourth-order valence-corrected chi connectivity index (χ4v) is 4.02. The number of benzene rings is 2. The molecule has 146 valence electrons. The van der Waals surface area contributed by atoms with Crippen molar-refractivity contribution in [2.24, 2.45) is 0 Å². The molecule has 1 N–H and O–H groups in total. The van der Waals surface area contributed by atoms with Crippen LogP contribution in [0.25, 0.3) is 16.7 Å². The number of hydrogen-bond donors (Lipinski definition) is 1. The number of fused-ring (bicyclic) bond motifs is 1. The monoisotopic (exact) mass is 406 g/mol. The van der Waals surface area contributed by atoms with Crippen LogP contribution in [-0.4, -0.2) is 48.9 Å². The molecule has 3 heterocycles. The Balaban J connectivity index is 1.27. The van der Waals surface area contributed by atoms with Gasteiger partial charge in [0.1, 0.15) is 5.82 Å². The fraction of sp³-hybridized carbons (Fsp3) is 0.238. The first-order valence-corrected chi connectivity index (χ1v) is 9.98. The minimum absolute atomic E-state index is 0.105.